The van der Waals surface area contributed by atoms with Crippen LogP contribution in [0.3, 0.4) is 0 Å². The Morgan fingerprint density at radius 1 is 0.882 bits per heavy atom. The largest absolute Gasteiger partial charge is 0.493 e. The van der Waals surface area contributed by atoms with Crippen molar-refractivity contribution >= 4 is 57.1 Å². The van der Waals surface area contributed by atoms with E-state index in [1.54, 1.807) is 44.6 Å². The second kappa shape index (κ2) is 18.2. The number of halogens is 2. The molecule has 1 aromatic heterocycles. The van der Waals surface area contributed by atoms with Gasteiger partial charge in [-0.05, 0) is 74.7 Å². The number of aryl methyl sites for hydroxylation is 2. The zero-order chi connectivity index (χ0) is 36.3. The Labute approximate surface area is 310 Å². The van der Waals surface area contributed by atoms with Crippen molar-refractivity contribution in [3.63, 3.8) is 0 Å². The molecule has 0 saturated carbocycles. The summed E-state index contributed by atoms with van der Waals surface area (Å²) in [5, 5.41) is 5.33. The number of anilines is 3. The van der Waals surface area contributed by atoms with Gasteiger partial charge >= 0.3 is 5.97 Å². The summed E-state index contributed by atoms with van der Waals surface area (Å²) in [6, 6.07) is 25.4. The molecule has 5 aromatic rings. The van der Waals surface area contributed by atoms with Crippen molar-refractivity contribution < 1.29 is 23.7 Å². The van der Waals surface area contributed by atoms with E-state index in [2.05, 4.69) is 63.4 Å². The van der Waals surface area contributed by atoms with Crippen LogP contribution < -0.4 is 19.7 Å². The first kappa shape index (κ1) is 37.8. The van der Waals surface area contributed by atoms with Crippen LogP contribution in [0.1, 0.15) is 34.1 Å². The SMILES string of the molecule is CCOCOC(=O)c1ccccc1Nc1c(Cl)ccc(C)c1Cl.COc1cc2[nH]c(C)c(CCN3CCN(c4ccccc4)CC3)c2cc1OC. The quantitative estimate of drug-likeness (QED) is 0.0747. The Bertz CT molecular complexity index is 1910. The minimum absolute atomic E-state index is 0.0877. The molecular weight excluding hydrogens is 687 g/mol. The Balaban J connectivity index is 0.000000202. The third-order valence-corrected chi connectivity index (χ3v) is 9.77. The molecule has 11 heteroatoms. The fourth-order valence-corrected chi connectivity index (χ4v) is 6.57. The molecule has 9 nitrogen and oxygen atoms in total. The number of H-pyrrole nitrogens is 1. The molecule has 2 N–H and O–H groups in total. The fraction of sp³-hybridized carbons (Fsp3) is 0.325. The zero-order valence-electron chi connectivity index (χ0n) is 29.9. The van der Waals surface area contributed by atoms with Crippen molar-refractivity contribution in [1.82, 2.24) is 9.88 Å². The first-order valence-electron chi connectivity index (χ1n) is 17.0. The number of rotatable bonds is 12. The highest BCUT2D eigenvalue weighted by Crippen LogP contribution is 2.37. The van der Waals surface area contributed by atoms with Crippen LogP contribution in [0.2, 0.25) is 10.0 Å². The van der Waals surface area contributed by atoms with E-state index in [1.807, 2.05) is 26.0 Å². The summed E-state index contributed by atoms with van der Waals surface area (Å²) >= 11 is 12.5. The number of piperazine rings is 1. The van der Waals surface area contributed by atoms with E-state index in [9.17, 15) is 4.79 Å². The summed E-state index contributed by atoms with van der Waals surface area (Å²) in [5.41, 5.74) is 7.42. The highest BCUT2D eigenvalue weighted by atomic mass is 35.5. The maximum absolute atomic E-state index is 12.2. The lowest BCUT2D eigenvalue weighted by molar-refractivity contribution is -0.0273. The molecule has 0 amide bonds. The molecule has 6 rings (SSSR count). The number of benzene rings is 4. The normalized spacial score (nSPS) is 13.0. The summed E-state index contributed by atoms with van der Waals surface area (Å²) < 4.78 is 21.0. The highest BCUT2D eigenvalue weighted by molar-refractivity contribution is 6.39. The van der Waals surface area contributed by atoms with E-state index < -0.39 is 5.97 Å². The van der Waals surface area contributed by atoms with Crippen molar-refractivity contribution in [3.05, 3.63) is 111 Å². The van der Waals surface area contributed by atoms with Crippen LogP contribution in [-0.4, -0.2) is 76.2 Å². The van der Waals surface area contributed by atoms with E-state index in [0.29, 0.717) is 33.6 Å². The van der Waals surface area contributed by atoms with Gasteiger partial charge in [0.1, 0.15) is 0 Å². The third-order valence-electron chi connectivity index (χ3n) is 8.96. The average Bonchev–Trinajstić information content (AvgIpc) is 3.47. The van der Waals surface area contributed by atoms with Gasteiger partial charge < -0.3 is 34.1 Å². The molecule has 270 valence electrons. The lowest BCUT2D eigenvalue weighted by Crippen LogP contribution is -2.47. The number of ether oxygens (including phenoxy) is 4. The van der Waals surface area contributed by atoms with Crippen LogP contribution in [-0.2, 0) is 15.9 Å². The molecule has 0 radical (unpaired) electrons. The standard InChI is InChI=1S/C23H29N3O2.C17H17Cl2NO3/c1-17-19(20-15-22(27-2)23(28-3)16-21(20)24-17)9-10-25-11-13-26(14-12-25)18-7-5-4-6-8-18;1-3-22-10-23-17(21)12-6-4-5-7-14(12)20-16-13(18)9-8-11(2)15(16)19/h4-8,15-16,24H,9-14H2,1-3H3;4-9,20H,3,10H2,1-2H3. The smallest absolute Gasteiger partial charge is 0.342 e. The van der Waals surface area contributed by atoms with Gasteiger partial charge in [0.05, 0.1) is 41.2 Å². The number of carbonyl (C=O) groups is 1. The Kier molecular flexibility index (Phi) is 13.5. The monoisotopic (exact) mass is 732 g/mol. The second-order valence-electron chi connectivity index (χ2n) is 12.2. The number of nitrogens with zero attached hydrogens (tertiary/aromatic N) is 2. The third kappa shape index (κ3) is 9.48. The number of esters is 1. The predicted octanol–water partition coefficient (Wildman–Crippen LogP) is 9.05. The molecule has 0 bridgehead atoms. The first-order chi connectivity index (χ1) is 24.7. The number of hydrogen-bond acceptors (Lipinski definition) is 8. The topological polar surface area (TPSA) is 88.3 Å². The van der Waals surface area contributed by atoms with E-state index in [-0.39, 0.29) is 6.79 Å². The molecule has 0 unspecified atom stereocenters. The van der Waals surface area contributed by atoms with Gasteiger partial charge in [0, 0.05) is 67.7 Å². The summed E-state index contributed by atoms with van der Waals surface area (Å²) in [6.07, 6.45) is 1.03. The van der Waals surface area contributed by atoms with Crippen LogP contribution in [0.25, 0.3) is 10.9 Å². The van der Waals surface area contributed by atoms with E-state index in [4.69, 9.17) is 42.1 Å². The number of fused-ring (bicyclic) bond motifs is 1. The van der Waals surface area contributed by atoms with Crippen molar-refractivity contribution in [3.8, 4) is 11.5 Å². The van der Waals surface area contributed by atoms with Crippen molar-refractivity contribution in [2.24, 2.45) is 0 Å². The Hall–Kier alpha value is -4.41. The fourth-order valence-electron chi connectivity index (χ4n) is 6.10. The molecule has 1 saturated heterocycles. The predicted molar refractivity (Wildman–Crippen MR) is 208 cm³/mol. The zero-order valence-corrected chi connectivity index (χ0v) is 31.4. The van der Waals surface area contributed by atoms with Crippen molar-refractivity contribution in [1.29, 1.82) is 0 Å². The van der Waals surface area contributed by atoms with Gasteiger partial charge in [-0.15, -0.1) is 0 Å². The van der Waals surface area contributed by atoms with Gasteiger partial charge in [-0.1, -0.05) is 59.6 Å². The first-order valence-corrected chi connectivity index (χ1v) is 17.8. The van der Waals surface area contributed by atoms with E-state index in [1.165, 1.54) is 22.3 Å². The van der Waals surface area contributed by atoms with Gasteiger partial charge in [0.2, 0.25) is 0 Å². The number of carbonyl (C=O) groups excluding carboxylic acids is 1. The van der Waals surface area contributed by atoms with E-state index >= 15 is 0 Å². The molecule has 0 spiro atoms. The number of para-hydroxylation sites is 2. The van der Waals surface area contributed by atoms with E-state index in [0.717, 1.165) is 61.7 Å². The van der Waals surface area contributed by atoms with Crippen LogP contribution in [0, 0.1) is 13.8 Å². The van der Waals surface area contributed by atoms with Crippen molar-refractivity contribution in [2.45, 2.75) is 27.2 Å². The maximum Gasteiger partial charge on any atom is 0.342 e. The van der Waals surface area contributed by atoms with Gasteiger partial charge in [-0.2, -0.15) is 0 Å². The maximum atomic E-state index is 12.2. The number of aromatic amines is 1. The number of nitrogens with one attached hydrogen (secondary N) is 2. The highest BCUT2D eigenvalue weighted by Gasteiger charge is 2.19. The number of hydrogen-bond donors (Lipinski definition) is 2. The Morgan fingerprint density at radius 2 is 1.57 bits per heavy atom. The summed E-state index contributed by atoms with van der Waals surface area (Å²) in [6.45, 7) is 11.7. The second-order valence-corrected chi connectivity index (χ2v) is 12.9. The van der Waals surface area contributed by atoms with Gasteiger partial charge in [-0.25, -0.2) is 4.79 Å². The molecule has 0 aliphatic carbocycles. The van der Waals surface area contributed by atoms with Gasteiger partial charge in [-0.3, -0.25) is 4.90 Å². The summed E-state index contributed by atoms with van der Waals surface area (Å²) in [5.74, 6) is 1.06. The van der Waals surface area contributed by atoms with Crippen LogP contribution in [0.4, 0.5) is 17.1 Å². The summed E-state index contributed by atoms with van der Waals surface area (Å²) in [7, 11) is 3.37. The minimum Gasteiger partial charge on any atom is -0.493 e. The summed E-state index contributed by atoms with van der Waals surface area (Å²) in [4.78, 5) is 20.7. The van der Waals surface area contributed by atoms with Gasteiger partial charge in [0.15, 0.2) is 18.3 Å². The lowest BCUT2D eigenvalue weighted by atomic mass is 10.1. The minimum atomic E-state index is -0.485. The molecule has 51 heavy (non-hydrogen) atoms. The molecule has 1 fully saturated rings. The lowest BCUT2D eigenvalue weighted by Gasteiger charge is -2.36. The molecule has 2 heterocycles. The van der Waals surface area contributed by atoms with Crippen LogP contribution >= 0.6 is 23.2 Å². The van der Waals surface area contributed by atoms with Crippen molar-refractivity contribution in [2.75, 3.05) is 70.6 Å². The molecule has 1 aliphatic heterocycles. The molecule has 4 aromatic carbocycles. The molecule has 1 aliphatic rings. The van der Waals surface area contributed by atoms with Crippen LogP contribution in [0.5, 0.6) is 11.5 Å². The molecular formula is C40H46Cl2N4O5. The van der Waals surface area contributed by atoms with Crippen LogP contribution in [0.15, 0.2) is 78.9 Å². The molecule has 0 atom stereocenters. The number of methoxy groups -OCH3 is 2. The number of aromatic nitrogens is 1. The van der Waals surface area contributed by atoms with Gasteiger partial charge in [0.25, 0.3) is 0 Å². The average molecular weight is 734 g/mol. The Morgan fingerprint density at radius 3 is 2.27 bits per heavy atom.